The van der Waals surface area contributed by atoms with Crippen molar-refractivity contribution in [3.63, 3.8) is 0 Å². The van der Waals surface area contributed by atoms with E-state index in [-0.39, 0.29) is 27.1 Å². The third kappa shape index (κ3) is 2.72. The third-order valence-corrected chi connectivity index (χ3v) is 10.1. The standard InChI is InChI=1S/C14H22O.C13H20O2/c1-11-5-12(2)8-13(3,6-11)10(15)14(4,7-11)9-12;1-10-4-11(2)7-13(15,6-10)8-12(3,5-10)9(11)14/h5-9H2,1-4H3;15H,4-8H2,1-3H3. The molecule has 0 aliphatic heterocycles. The fourth-order valence-electron chi connectivity index (χ4n) is 12.0. The van der Waals surface area contributed by atoms with E-state index in [0.717, 1.165) is 44.9 Å². The van der Waals surface area contributed by atoms with Gasteiger partial charge < -0.3 is 5.11 Å². The minimum absolute atomic E-state index is 0.00694. The number of hydrogen-bond donors (Lipinski definition) is 1. The van der Waals surface area contributed by atoms with E-state index in [1.165, 1.54) is 6.42 Å². The zero-order valence-corrected chi connectivity index (χ0v) is 20.3. The van der Waals surface area contributed by atoms with E-state index < -0.39 is 5.60 Å². The van der Waals surface area contributed by atoms with Gasteiger partial charge in [0.1, 0.15) is 11.6 Å². The molecule has 8 aliphatic carbocycles. The Bertz CT molecular complexity index is 690. The summed E-state index contributed by atoms with van der Waals surface area (Å²) < 4.78 is 0. The lowest BCUT2D eigenvalue weighted by Gasteiger charge is -2.67. The van der Waals surface area contributed by atoms with Crippen LogP contribution in [-0.2, 0) is 9.59 Å². The molecule has 1 N–H and O–H groups in total. The van der Waals surface area contributed by atoms with E-state index >= 15 is 0 Å². The molecule has 8 fully saturated rings. The maximum absolute atomic E-state index is 12.5. The van der Waals surface area contributed by atoms with Crippen molar-refractivity contribution >= 4 is 11.6 Å². The molecular formula is C27H42O3. The average molecular weight is 415 g/mol. The minimum Gasteiger partial charge on any atom is -0.390 e. The van der Waals surface area contributed by atoms with Crippen LogP contribution in [0, 0.1) is 37.9 Å². The van der Waals surface area contributed by atoms with E-state index in [9.17, 15) is 14.7 Å². The second kappa shape index (κ2) is 5.26. The first kappa shape index (κ1) is 21.2. The number of aliphatic hydroxyl groups is 1. The van der Waals surface area contributed by atoms with Gasteiger partial charge in [-0.2, -0.15) is 0 Å². The van der Waals surface area contributed by atoms with Gasteiger partial charge in [0.15, 0.2) is 0 Å². The van der Waals surface area contributed by atoms with Crippen molar-refractivity contribution in [1.29, 1.82) is 0 Å². The molecule has 8 aliphatic rings. The smallest absolute Gasteiger partial charge is 0.144 e. The van der Waals surface area contributed by atoms with Gasteiger partial charge in [0.05, 0.1) is 5.60 Å². The summed E-state index contributed by atoms with van der Waals surface area (Å²) in [6.07, 6.45) is 10.2. The molecule has 0 heterocycles. The molecule has 3 nitrogen and oxygen atoms in total. The van der Waals surface area contributed by atoms with Crippen LogP contribution in [0.3, 0.4) is 0 Å². The molecule has 2 unspecified atom stereocenters. The lowest BCUT2D eigenvalue weighted by Crippen LogP contribution is -2.66. The topological polar surface area (TPSA) is 54.4 Å². The van der Waals surface area contributed by atoms with E-state index in [2.05, 4.69) is 48.5 Å². The number of carbonyl (C=O) groups excluding carboxylic acids is 2. The second-order valence-corrected chi connectivity index (χ2v) is 15.3. The van der Waals surface area contributed by atoms with Gasteiger partial charge in [-0.1, -0.05) is 48.5 Å². The van der Waals surface area contributed by atoms with E-state index in [4.69, 9.17) is 0 Å². The molecule has 0 radical (unpaired) electrons. The average Bonchev–Trinajstić information content (AvgIpc) is 2.44. The third-order valence-electron chi connectivity index (χ3n) is 10.1. The van der Waals surface area contributed by atoms with Crippen LogP contribution in [0.5, 0.6) is 0 Å². The Kier molecular flexibility index (Phi) is 3.71. The van der Waals surface area contributed by atoms with Gasteiger partial charge in [0.2, 0.25) is 0 Å². The Morgan fingerprint density at radius 1 is 0.467 bits per heavy atom. The molecule has 168 valence electrons. The highest BCUT2D eigenvalue weighted by molar-refractivity contribution is 5.93. The summed E-state index contributed by atoms with van der Waals surface area (Å²) in [5.74, 6) is 0.988. The molecule has 0 spiro atoms. The molecule has 30 heavy (non-hydrogen) atoms. The summed E-state index contributed by atoms with van der Waals surface area (Å²) in [7, 11) is 0. The number of Topliss-reactive ketones (excluding diaryl/α,β-unsaturated/α-hetero) is 2. The van der Waals surface area contributed by atoms with Crippen LogP contribution in [0.1, 0.15) is 113 Å². The predicted octanol–water partition coefficient (Wildman–Crippen LogP) is 5.87. The van der Waals surface area contributed by atoms with Crippen LogP contribution >= 0.6 is 0 Å². The molecule has 0 aromatic rings. The van der Waals surface area contributed by atoms with Crippen molar-refractivity contribution < 1.29 is 14.7 Å². The molecular weight excluding hydrogens is 372 g/mol. The van der Waals surface area contributed by atoms with Crippen LogP contribution in [-0.4, -0.2) is 22.3 Å². The molecule has 0 saturated heterocycles. The SMILES string of the molecule is CC12CC3(C)CC(C)(C1)C(=O)C(C)(C2)C3.CC12CC3(O)CC(C)(C1)C(=O)C(C)(C2)C3. The summed E-state index contributed by atoms with van der Waals surface area (Å²) in [4.78, 5) is 24.9. The van der Waals surface area contributed by atoms with Crippen molar-refractivity contribution in [2.75, 3.05) is 0 Å². The van der Waals surface area contributed by atoms with Crippen molar-refractivity contribution in [2.24, 2.45) is 37.9 Å². The van der Waals surface area contributed by atoms with Gasteiger partial charge in [-0.3, -0.25) is 9.59 Å². The van der Waals surface area contributed by atoms with Crippen molar-refractivity contribution in [3.05, 3.63) is 0 Å². The normalized spacial score (nSPS) is 62.5. The molecule has 3 heteroatoms. The summed E-state index contributed by atoms with van der Waals surface area (Å²) >= 11 is 0. The Hall–Kier alpha value is -0.700. The first-order valence-electron chi connectivity index (χ1n) is 12.2. The number of hydrogen-bond acceptors (Lipinski definition) is 3. The molecule has 8 bridgehead atoms. The van der Waals surface area contributed by atoms with E-state index in [1.54, 1.807) is 0 Å². The van der Waals surface area contributed by atoms with Gasteiger partial charge >= 0.3 is 0 Å². The van der Waals surface area contributed by atoms with E-state index in [0.29, 0.717) is 35.2 Å². The Labute approximate surface area is 182 Å². The van der Waals surface area contributed by atoms with Gasteiger partial charge in [-0.25, -0.2) is 0 Å². The zero-order valence-electron chi connectivity index (χ0n) is 20.3. The fourth-order valence-corrected chi connectivity index (χ4v) is 12.0. The predicted molar refractivity (Wildman–Crippen MR) is 118 cm³/mol. The molecule has 2 atom stereocenters. The van der Waals surface area contributed by atoms with Crippen LogP contribution in [0.4, 0.5) is 0 Å². The Morgan fingerprint density at radius 2 is 0.733 bits per heavy atom. The highest BCUT2D eigenvalue weighted by atomic mass is 16.3. The first-order valence-corrected chi connectivity index (χ1v) is 12.2. The van der Waals surface area contributed by atoms with Crippen molar-refractivity contribution in [1.82, 2.24) is 0 Å². The first-order chi connectivity index (χ1) is 13.4. The summed E-state index contributed by atoms with van der Waals surface area (Å²) in [5, 5.41) is 10.6. The number of rotatable bonds is 0. The fraction of sp³-hybridized carbons (Fsp3) is 0.926. The van der Waals surface area contributed by atoms with Crippen LogP contribution < -0.4 is 0 Å². The van der Waals surface area contributed by atoms with E-state index in [1.807, 2.05) is 0 Å². The minimum atomic E-state index is -0.553. The summed E-state index contributed by atoms with van der Waals surface area (Å²) in [6.45, 7) is 15.6. The quantitative estimate of drug-likeness (QED) is 0.539. The number of ketones is 2. The van der Waals surface area contributed by atoms with Crippen LogP contribution in [0.15, 0.2) is 0 Å². The Balaban J connectivity index is 0.000000128. The molecule has 8 saturated carbocycles. The van der Waals surface area contributed by atoms with Crippen LogP contribution in [0.2, 0.25) is 0 Å². The van der Waals surface area contributed by atoms with Gasteiger partial charge in [0.25, 0.3) is 0 Å². The largest absolute Gasteiger partial charge is 0.390 e. The summed E-state index contributed by atoms with van der Waals surface area (Å²) in [5.41, 5.74) is 0.0661. The second-order valence-electron chi connectivity index (χ2n) is 15.3. The molecule has 0 aromatic carbocycles. The Morgan fingerprint density at radius 3 is 1.03 bits per heavy atom. The lowest BCUT2D eigenvalue weighted by molar-refractivity contribution is -0.212. The highest BCUT2D eigenvalue weighted by Crippen LogP contribution is 2.72. The number of carbonyl (C=O) groups is 2. The molecule has 0 aromatic heterocycles. The highest BCUT2D eigenvalue weighted by Gasteiger charge is 2.69. The molecule has 8 rings (SSSR count). The maximum atomic E-state index is 12.5. The summed E-state index contributed by atoms with van der Waals surface area (Å²) in [6, 6.07) is 0. The van der Waals surface area contributed by atoms with Gasteiger partial charge in [-0.15, -0.1) is 0 Å². The van der Waals surface area contributed by atoms with Crippen molar-refractivity contribution in [2.45, 2.75) is 118 Å². The monoisotopic (exact) mass is 414 g/mol. The lowest BCUT2D eigenvalue weighted by atomic mass is 9.36. The maximum Gasteiger partial charge on any atom is 0.144 e. The van der Waals surface area contributed by atoms with Crippen LogP contribution in [0.25, 0.3) is 0 Å². The van der Waals surface area contributed by atoms with Gasteiger partial charge in [-0.05, 0) is 80.5 Å². The molecule has 0 amide bonds. The van der Waals surface area contributed by atoms with Gasteiger partial charge in [0, 0.05) is 21.7 Å². The van der Waals surface area contributed by atoms with Crippen molar-refractivity contribution in [3.8, 4) is 0 Å². The zero-order chi connectivity index (χ0) is 22.2.